The fourth-order valence-corrected chi connectivity index (χ4v) is 6.97. The number of fused-ring (bicyclic) bond motifs is 2. The van der Waals surface area contributed by atoms with Gasteiger partial charge in [-0.2, -0.15) is 0 Å². The Bertz CT molecular complexity index is 1170. The fraction of sp³-hybridized carbons (Fsp3) is 0.567. The summed E-state index contributed by atoms with van der Waals surface area (Å²) in [5.74, 6) is -2.97. The summed E-state index contributed by atoms with van der Waals surface area (Å²) in [4.78, 5) is 45.7. The van der Waals surface area contributed by atoms with Crippen LogP contribution in [0, 0.1) is 25.7 Å². The Kier molecular flexibility index (Phi) is 6.99. The van der Waals surface area contributed by atoms with Crippen LogP contribution in [0.1, 0.15) is 50.7 Å². The number of hydrogen-bond donors (Lipinski definition) is 1. The highest BCUT2D eigenvalue weighted by atomic mass is 16.6. The minimum absolute atomic E-state index is 0.282. The Morgan fingerprint density at radius 1 is 1.05 bits per heavy atom. The third-order valence-corrected chi connectivity index (χ3v) is 8.77. The predicted molar refractivity (Wildman–Crippen MR) is 142 cm³/mol. The second-order valence-corrected chi connectivity index (χ2v) is 11.1. The number of carbonyl (C=O) groups excluding carboxylic acids is 3. The van der Waals surface area contributed by atoms with Crippen molar-refractivity contribution in [1.82, 2.24) is 4.90 Å². The normalized spacial score (nSPS) is 34.8. The minimum Gasteiger partial charge on any atom is -0.465 e. The maximum absolute atomic E-state index is 14.6. The van der Waals surface area contributed by atoms with E-state index in [1.807, 2.05) is 63.3 Å². The number of rotatable bonds is 4. The molecule has 4 aliphatic heterocycles. The first-order valence-electron chi connectivity index (χ1n) is 13.7. The Labute approximate surface area is 224 Å². The summed E-state index contributed by atoms with van der Waals surface area (Å²) < 4.78 is 12.6. The zero-order valence-corrected chi connectivity index (χ0v) is 22.7. The van der Waals surface area contributed by atoms with Crippen LogP contribution in [0.3, 0.4) is 0 Å². The monoisotopic (exact) mass is 522 g/mol. The van der Waals surface area contributed by atoms with Gasteiger partial charge < -0.3 is 24.4 Å². The highest BCUT2D eigenvalue weighted by Gasteiger charge is 2.75. The zero-order chi connectivity index (χ0) is 27.2. The average molecular weight is 523 g/mol. The van der Waals surface area contributed by atoms with E-state index in [1.54, 1.807) is 11.8 Å². The van der Waals surface area contributed by atoms with Crippen LogP contribution in [-0.2, 0) is 23.9 Å². The number of esters is 1. The number of ether oxygens (including phenoxy) is 2. The highest BCUT2D eigenvalue weighted by molar-refractivity contribution is 6.06. The quantitative estimate of drug-likeness (QED) is 0.482. The zero-order valence-electron chi connectivity index (χ0n) is 22.7. The fourth-order valence-electron chi connectivity index (χ4n) is 6.97. The molecule has 204 valence electrons. The van der Waals surface area contributed by atoms with E-state index >= 15 is 0 Å². The third kappa shape index (κ3) is 3.83. The number of hydrogen-bond acceptors (Lipinski definition) is 6. The van der Waals surface area contributed by atoms with Gasteiger partial charge in [-0.15, -0.1) is 0 Å². The molecule has 8 nitrogen and oxygen atoms in total. The molecule has 5 rings (SSSR count). The van der Waals surface area contributed by atoms with Crippen molar-refractivity contribution in [3.8, 4) is 0 Å². The molecule has 4 aliphatic rings. The van der Waals surface area contributed by atoms with Gasteiger partial charge >= 0.3 is 5.97 Å². The molecular formula is C30H38N2O6. The van der Waals surface area contributed by atoms with Crippen molar-refractivity contribution >= 4 is 23.5 Å². The molecule has 0 radical (unpaired) electrons. The SMILES string of the molecule is CC[C@]12/C=C\CCCCOC(=O)[C@H]1[C@H]1C(=O)N([C@H](C)CO)C3C(=O)N(c4c(C)cccc4C)CC=C[C@@]31O2. The molecule has 0 saturated carbocycles. The van der Waals surface area contributed by atoms with Gasteiger partial charge in [0.15, 0.2) is 0 Å². The van der Waals surface area contributed by atoms with Gasteiger partial charge in [-0.05, 0) is 57.6 Å². The molecule has 2 amide bonds. The van der Waals surface area contributed by atoms with Gasteiger partial charge in [0.05, 0.1) is 25.2 Å². The van der Waals surface area contributed by atoms with Gasteiger partial charge in [-0.3, -0.25) is 14.4 Å². The van der Waals surface area contributed by atoms with Gasteiger partial charge in [-0.25, -0.2) is 0 Å². The molecule has 1 aromatic carbocycles. The van der Waals surface area contributed by atoms with Gasteiger partial charge in [0.1, 0.15) is 23.2 Å². The number of amides is 2. The molecule has 4 heterocycles. The van der Waals surface area contributed by atoms with Crippen molar-refractivity contribution in [3.05, 3.63) is 53.6 Å². The van der Waals surface area contributed by atoms with Crippen molar-refractivity contribution < 1.29 is 29.0 Å². The number of carbonyl (C=O) groups is 3. The van der Waals surface area contributed by atoms with E-state index in [-0.39, 0.29) is 25.0 Å². The number of aliphatic hydroxyl groups excluding tert-OH is 1. The van der Waals surface area contributed by atoms with Crippen LogP contribution in [0.2, 0.25) is 0 Å². The molecule has 2 fully saturated rings. The summed E-state index contributed by atoms with van der Waals surface area (Å²) in [7, 11) is 0. The summed E-state index contributed by atoms with van der Waals surface area (Å²) in [6.07, 6.45) is 10.6. The molecule has 1 unspecified atom stereocenters. The van der Waals surface area contributed by atoms with Crippen LogP contribution in [0.15, 0.2) is 42.5 Å². The van der Waals surface area contributed by atoms with Crippen LogP contribution < -0.4 is 4.90 Å². The average Bonchev–Trinajstić information content (AvgIpc) is 3.26. The van der Waals surface area contributed by atoms with Gasteiger partial charge in [0.25, 0.3) is 5.91 Å². The Morgan fingerprint density at radius 3 is 2.47 bits per heavy atom. The maximum atomic E-state index is 14.6. The number of aliphatic hydroxyl groups is 1. The molecule has 1 spiro atoms. The number of para-hydroxylation sites is 1. The number of nitrogens with zero attached hydrogens (tertiary/aromatic N) is 2. The van der Waals surface area contributed by atoms with Crippen LogP contribution in [-0.4, -0.2) is 70.8 Å². The van der Waals surface area contributed by atoms with Crippen molar-refractivity contribution in [2.75, 3.05) is 24.7 Å². The smallest absolute Gasteiger partial charge is 0.313 e. The first kappa shape index (κ1) is 26.6. The second kappa shape index (κ2) is 9.97. The lowest BCUT2D eigenvalue weighted by atomic mass is 9.73. The van der Waals surface area contributed by atoms with Crippen LogP contribution in [0.25, 0.3) is 0 Å². The molecule has 8 heteroatoms. The summed E-state index contributed by atoms with van der Waals surface area (Å²) in [6, 6.07) is 4.19. The lowest BCUT2D eigenvalue weighted by Crippen LogP contribution is -2.58. The first-order valence-corrected chi connectivity index (χ1v) is 13.7. The van der Waals surface area contributed by atoms with Crippen molar-refractivity contribution in [3.63, 3.8) is 0 Å². The number of likely N-dealkylation sites (tertiary alicyclic amines) is 1. The second-order valence-electron chi connectivity index (χ2n) is 11.1. The molecule has 38 heavy (non-hydrogen) atoms. The largest absolute Gasteiger partial charge is 0.465 e. The van der Waals surface area contributed by atoms with E-state index in [2.05, 4.69) is 0 Å². The van der Waals surface area contributed by atoms with Crippen molar-refractivity contribution in [1.29, 1.82) is 0 Å². The Morgan fingerprint density at radius 2 is 1.79 bits per heavy atom. The lowest BCUT2D eigenvalue weighted by Gasteiger charge is -2.40. The molecule has 2 saturated heterocycles. The topological polar surface area (TPSA) is 96.4 Å². The number of anilines is 1. The standard InChI is InChI=1S/C30H38N2O6/c1-5-29-14-8-6-7-9-17-37-28(36)23(29)22-26(34)32(21(4)18-33)25-27(35)31(16-11-15-30(22,25)38-29)24-19(2)12-10-13-20(24)3/h8,10-15,21-23,25,33H,5-7,9,16-18H2,1-4H3/b14-8-/t21-,22+,23-,25?,29+,30+/m1/s1. The molecule has 1 aromatic rings. The third-order valence-electron chi connectivity index (χ3n) is 8.77. The van der Waals surface area contributed by atoms with Crippen molar-refractivity contribution in [2.45, 2.75) is 76.7 Å². The summed E-state index contributed by atoms with van der Waals surface area (Å²) >= 11 is 0. The molecule has 0 aromatic heterocycles. The predicted octanol–water partition coefficient (Wildman–Crippen LogP) is 3.23. The van der Waals surface area contributed by atoms with Gasteiger partial charge in [0.2, 0.25) is 5.91 Å². The maximum Gasteiger partial charge on any atom is 0.313 e. The lowest BCUT2D eigenvalue weighted by molar-refractivity contribution is -0.161. The molecular weight excluding hydrogens is 484 g/mol. The van der Waals surface area contributed by atoms with Gasteiger partial charge in [-0.1, -0.05) is 49.4 Å². The molecule has 6 atom stereocenters. The Balaban J connectivity index is 1.70. The number of benzene rings is 1. The Hall–Kier alpha value is -2.97. The van der Waals surface area contributed by atoms with E-state index in [9.17, 15) is 19.5 Å². The van der Waals surface area contributed by atoms with Crippen molar-refractivity contribution in [2.24, 2.45) is 11.8 Å². The van der Waals surface area contributed by atoms with Gasteiger partial charge in [0, 0.05) is 12.2 Å². The minimum atomic E-state index is -1.37. The summed E-state index contributed by atoms with van der Waals surface area (Å²) in [5, 5.41) is 10.1. The number of allylic oxidation sites excluding steroid dienone is 1. The summed E-state index contributed by atoms with van der Waals surface area (Å²) in [6.45, 7) is 7.85. The van der Waals surface area contributed by atoms with E-state index < -0.39 is 41.1 Å². The first-order chi connectivity index (χ1) is 18.2. The van der Waals surface area contributed by atoms with E-state index in [0.717, 1.165) is 36.1 Å². The molecule has 0 bridgehead atoms. The van der Waals surface area contributed by atoms with Crippen LogP contribution >= 0.6 is 0 Å². The molecule has 1 N–H and O–H groups in total. The van der Waals surface area contributed by atoms with Crippen LogP contribution in [0.4, 0.5) is 5.69 Å². The number of aryl methyl sites for hydroxylation is 2. The van der Waals surface area contributed by atoms with E-state index in [1.165, 1.54) is 4.90 Å². The van der Waals surface area contributed by atoms with E-state index in [0.29, 0.717) is 13.0 Å². The van der Waals surface area contributed by atoms with E-state index in [4.69, 9.17) is 9.47 Å². The highest BCUT2D eigenvalue weighted by Crippen LogP contribution is 2.58. The summed E-state index contributed by atoms with van der Waals surface area (Å²) in [5.41, 5.74) is 0.237. The van der Waals surface area contributed by atoms with Crippen LogP contribution in [0.5, 0.6) is 0 Å². The number of cyclic esters (lactones) is 1. The molecule has 0 aliphatic carbocycles.